The SMILES string of the molecule is Nc1ccc(S(=O)(=O)Nc2ccc(F)cc2I)cc1Br. The smallest absolute Gasteiger partial charge is 0.261 e. The lowest BCUT2D eigenvalue weighted by atomic mass is 10.3. The van der Waals surface area contributed by atoms with Crippen LogP contribution in [0.5, 0.6) is 0 Å². The molecule has 0 spiro atoms. The number of halogens is 3. The van der Waals surface area contributed by atoms with Crippen LogP contribution < -0.4 is 10.5 Å². The summed E-state index contributed by atoms with van der Waals surface area (Å²) in [5.41, 5.74) is 6.38. The van der Waals surface area contributed by atoms with Crippen molar-refractivity contribution in [3.63, 3.8) is 0 Å². The van der Waals surface area contributed by atoms with Crippen molar-refractivity contribution >= 4 is 59.9 Å². The van der Waals surface area contributed by atoms with E-state index in [1.54, 1.807) is 0 Å². The third-order valence-corrected chi connectivity index (χ3v) is 5.40. The van der Waals surface area contributed by atoms with Crippen LogP contribution in [-0.2, 0) is 10.0 Å². The summed E-state index contributed by atoms with van der Waals surface area (Å²) in [6.45, 7) is 0. The number of hydrogen-bond acceptors (Lipinski definition) is 3. The van der Waals surface area contributed by atoms with Gasteiger partial charge in [0.1, 0.15) is 5.82 Å². The number of nitrogens with two attached hydrogens (primary N) is 1. The highest BCUT2D eigenvalue weighted by Crippen LogP contribution is 2.26. The molecule has 3 N–H and O–H groups in total. The number of nitrogen functional groups attached to an aromatic ring is 1. The van der Waals surface area contributed by atoms with E-state index in [-0.39, 0.29) is 4.90 Å². The van der Waals surface area contributed by atoms with E-state index in [0.29, 0.717) is 19.4 Å². The highest BCUT2D eigenvalue weighted by molar-refractivity contribution is 14.1. The first-order valence-corrected chi connectivity index (χ1v) is 8.68. The summed E-state index contributed by atoms with van der Waals surface area (Å²) in [6.07, 6.45) is 0. The van der Waals surface area contributed by atoms with Crippen molar-refractivity contribution in [3.8, 4) is 0 Å². The van der Waals surface area contributed by atoms with Crippen LogP contribution in [0.15, 0.2) is 45.8 Å². The fourth-order valence-corrected chi connectivity index (χ4v) is 3.88. The number of rotatable bonds is 3. The summed E-state index contributed by atoms with van der Waals surface area (Å²) in [5.74, 6) is -0.424. The molecule has 0 saturated carbocycles. The molecule has 0 aliphatic rings. The highest BCUT2D eigenvalue weighted by atomic mass is 127. The Morgan fingerprint density at radius 3 is 2.50 bits per heavy atom. The predicted octanol–water partition coefficient (Wildman–Crippen LogP) is 3.58. The number of hydrogen-bond donors (Lipinski definition) is 2. The molecule has 4 nitrogen and oxygen atoms in total. The average molecular weight is 471 g/mol. The molecule has 0 aliphatic heterocycles. The topological polar surface area (TPSA) is 72.2 Å². The van der Waals surface area contributed by atoms with Gasteiger partial charge in [-0.3, -0.25) is 4.72 Å². The van der Waals surface area contributed by atoms with E-state index >= 15 is 0 Å². The van der Waals surface area contributed by atoms with Crippen LogP contribution in [0.2, 0.25) is 0 Å². The number of anilines is 2. The molecule has 0 radical (unpaired) electrons. The van der Waals surface area contributed by atoms with E-state index in [1.165, 1.54) is 36.4 Å². The molecule has 8 heteroatoms. The van der Waals surface area contributed by atoms with E-state index < -0.39 is 15.8 Å². The fourth-order valence-electron chi connectivity index (χ4n) is 1.45. The Hall–Kier alpha value is -0.870. The third kappa shape index (κ3) is 3.41. The molecule has 2 aromatic rings. The van der Waals surface area contributed by atoms with Gasteiger partial charge in [-0.15, -0.1) is 0 Å². The predicted molar refractivity (Wildman–Crippen MR) is 88.5 cm³/mol. The van der Waals surface area contributed by atoms with Crippen LogP contribution in [0.25, 0.3) is 0 Å². The van der Waals surface area contributed by atoms with E-state index in [0.717, 1.165) is 0 Å². The van der Waals surface area contributed by atoms with E-state index in [9.17, 15) is 12.8 Å². The lowest BCUT2D eigenvalue weighted by molar-refractivity contribution is 0.601. The van der Waals surface area contributed by atoms with Gasteiger partial charge in [-0.25, -0.2) is 12.8 Å². The second-order valence-corrected chi connectivity index (χ2v) is 7.61. The molecule has 0 bridgehead atoms. The molecule has 0 saturated heterocycles. The van der Waals surface area contributed by atoms with Gasteiger partial charge >= 0.3 is 0 Å². The van der Waals surface area contributed by atoms with Gasteiger partial charge in [0.25, 0.3) is 10.0 Å². The minimum Gasteiger partial charge on any atom is -0.398 e. The largest absolute Gasteiger partial charge is 0.398 e. The van der Waals surface area contributed by atoms with Gasteiger partial charge in [-0.05, 0) is 74.9 Å². The summed E-state index contributed by atoms with van der Waals surface area (Å²) in [4.78, 5) is 0.0682. The van der Waals surface area contributed by atoms with Gasteiger partial charge in [-0.2, -0.15) is 0 Å². The van der Waals surface area contributed by atoms with Crippen LogP contribution in [0, 0.1) is 9.39 Å². The normalized spacial score (nSPS) is 11.3. The summed E-state index contributed by atoms with van der Waals surface area (Å²) >= 11 is 5.04. The maximum atomic E-state index is 13.0. The molecule has 2 aromatic carbocycles. The molecule has 0 aromatic heterocycles. The van der Waals surface area contributed by atoms with E-state index in [2.05, 4.69) is 20.7 Å². The number of sulfonamides is 1. The van der Waals surface area contributed by atoms with Gasteiger partial charge in [0, 0.05) is 13.7 Å². The standard InChI is InChI=1S/C12H9BrFIN2O2S/c13-9-6-8(2-3-11(9)16)20(18,19)17-12-4-1-7(14)5-10(12)15/h1-6,17H,16H2. The molecular formula is C12H9BrFIN2O2S. The van der Waals surface area contributed by atoms with Gasteiger partial charge in [0.2, 0.25) is 0 Å². The Bertz CT molecular complexity index is 768. The highest BCUT2D eigenvalue weighted by Gasteiger charge is 2.16. The van der Waals surface area contributed by atoms with Gasteiger partial charge in [0.15, 0.2) is 0 Å². The van der Waals surface area contributed by atoms with Gasteiger partial charge < -0.3 is 5.73 Å². The minimum absolute atomic E-state index is 0.0682. The van der Waals surface area contributed by atoms with Crippen molar-refractivity contribution in [3.05, 3.63) is 50.3 Å². The molecule has 0 aliphatic carbocycles. The first-order chi connectivity index (χ1) is 9.29. The van der Waals surface area contributed by atoms with Crippen LogP contribution in [-0.4, -0.2) is 8.42 Å². The Labute approximate surface area is 137 Å². The van der Waals surface area contributed by atoms with Gasteiger partial charge in [-0.1, -0.05) is 0 Å². The second-order valence-electron chi connectivity index (χ2n) is 3.91. The maximum absolute atomic E-state index is 13.0. The maximum Gasteiger partial charge on any atom is 0.261 e. The third-order valence-electron chi connectivity index (χ3n) is 2.46. The van der Waals surface area contributed by atoms with Crippen molar-refractivity contribution in [2.24, 2.45) is 0 Å². The molecule has 106 valence electrons. The molecular weight excluding hydrogens is 462 g/mol. The van der Waals surface area contributed by atoms with Gasteiger partial charge in [0.05, 0.1) is 10.6 Å². The quantitative estimate of drug-likeness (QED) is 0.532. The van der Waals surface area contributed by atoms with Crippen LogP contribution in [0.3, 0.4) is 0 Å². The number of benzene rings is 2. The zero-order valence-corrected chi connectivity index (χ0v) is 14.5. The molecule has 0 fully saturated rings. The second kappa shape index (κ2) is 5.86. The zero-order chi connectivity index (χ0) is 14.9. The Morgan fingerprint density at radius 2 is 1.90 bits per heavy atom. The Kier molecular flexibility index (Phi) is 4.55. The average Bonchev–Trinajstić information content (AvgIpc) is 2.36. The summed E-state index contributed by atoms with van der Waals surface area (Å²) in [7, 11) is -3.75. The molecule has 0 amide bonds. The molecule has 0 unspecified atom stereocenters. The molecule has 20 heavy (non-hydrogen) atoms. The van der Waals surface area contributed by atoms with Crippen LogP contribution in [0.4, 0.5) is 15.8 Å². The summed E-state index contributed by atoms with van der Waals surface area (Å²) in [6, 6.07) is 8.12. The fraction of sp³-hybridized carbons (Fsp3) is 0. The van der Waals surface area contributed by atoms with Crippen LogP contribution in [0.1, 0.15) is 0 Å². The first-order valence-electron chi connectivity index (χ1n) is 5.32. The van der Waals surface area contributed by atoms with Crippen molar-refractivity contribution in [1.82, 2.24) is 0 Å². The Balaban J connectivity index is 2.38. The Morgan fingerprint density at radius 1 is 1.20 bits per heavy atom. The van der Waals surface area contributed by atoms with E-state index in [1.807, 2.05) is 22.6 Å². The lowest BCUT2D eigenvalue weighted by Crippen LogP contribution is -2.14. The molecule has 2 rings (SSSR count). The van der Waals surface area contributed by atoms with Crippen molar-refractivity contribution in [2.45, 2.75) is 4.90 Å². The zero-order valence-electron chi connectivity index (χ0n) is 9.90. The molecule has 0 heterocycles. The summed E-state index contributed by atoms with van der Waals surface area (Å²) < 4.78 is 40.8. The van der Waals surface area contributed by atoms with E-state index in [4.69, 9.17) is 5.73 Å². The van der Waals surface area contributed by atoms with Crippen molar-refractivity contribution in [2.75, 3.05) is 10.5 Å². The van der Waals surface area contributed by atoms with Crippen molar-refractivity contribution < 1.29 is 12.8 Å². The number of nitrogens with one attached hydrogen (secondary N) is 1. The summed E-state index contributed by atoms with van der Waals surface area (Å²) in [5, 5.41) is 0. The van der Waals surface area contributed by atoms with Crippen molar-refractivity contribution in [1.29, 1.82) is 0 Å². The first kappa shape index (κ1) is 15.5. The van der Waals surface area contributed by atoms with Crippen LogP contribution >= 0.6 is 38.5 Å². The lowest BCUT2D eigenvalue weighted by Gasteiger charge is -2.10. The minimum atomic E-state index is -3.75. The molecule has 0 atom stereocenters. The monoisotopic (exact) mass is 470 g/mol.